The van der Waals surface area contributed by atoms with Gasteiger partial charge in [0.2, 0.25) is 0 Å². The minimum atomic E-state index is -1.10. The predicted molar refractivity (Wildman–Crippen MR) is 204 cm³/mol. The largest absolute Gasteiger partial charge is 0.456 e. The molecule has 0 bridgehead atoms. The average molecular weight is 652 g/mol. The van der Waals surface area contributed by atoms with Gasteiger partial charge in [-0.3, -0.25) is 0 Å². The van der Waals surface area contributed by atoms with Crippen LogP contribution in [-0.2, 0) is 0 Å². The SMILES string of the molecule is [2H]c1c([2H])c([2H])c(N(c2c([2H])c([2H])c(-c3c([2H])c([2H])c([2H])c4oc5c([2H])c([2H])c([2H])c([2H])c5c34)c([2H])c2[2H])c2c([2H])c([2H])c([2H])c3oc4c5c([2H])c([2H])c([2H])c([2H])c5c([2H])c([2H])c4c23)c(-c2ccccc2)c1[2H]. The standard InChI is InChI=1S/C46H29NO2/c1-2-12-30(13-3-1)34-15-6-8-19-39(34)47(40-20-11-23-43-45(40)38-29-26-31-14-4-5-16-36(31)46(38)49-43)33-27-24-32(25-28-33)35-18-10-22-42-44(35)37-17-7-9-21-41(37)48-42/h1-29H/i4D,5D,6D,7D,8D,9D,10D,11D,14D,15D,16D,17D,18D,19D,20D,21D,22D,23D,24D,25D,26D,27D,28D,29D. The van der Waals surface area contributed by atoms with Gasteiger partial charge in [-0.1, -0.05) is 127 Å². The van der Waals surface area contributed by atoms with Crippen LogP contribution < -0.4 is 4.90 Å². The number of rotatable bonds is 5. The summed E-state index contributed by atoms with van der Waals surface area (Å²) in [6.45, 7) is 0. The van der Waals surface area contributed by atoms with Gasteiger partial charge >= 0.3 is 0 Å². The van der Waals surface area contributed by atoms with E-state index in [-0.39, 0.29) is 11.1 Å². The molecule has 49 heavy (non-hydrogen) atoms. The highest BCUT2D eigenvalue weighted by atomic mass is 16.3. The Bertz CT molecular complexity index is 4180. The van der Waals surface area contributed by atoms with Crippen molar-refractivity contribution in [3.05, 3.63) is 175 Å². The summed E-state index contributed by atoms with van der Waals surface area (Å²) in [7, 11) is 0. The van der Waals surface area contributed by atoms with Crippen molar-refractivity contribution < 1.29 is 41.7 Å². The summed E-state index contributed by atoms with van der Waals surface area (Å²) in [6.07, 6.45) is 0. The van der Waals surface area contributed by atoms with E-state index in [1.54, 1.807) is 6.07 Å². The highest BCUT2D eigenvalue weighted by Crippen LogP contribution is 2.47. The molecule has 230 valence electrons. The van der Waals surface area contributed by atoms with Crippen molar-refractivity contribution in [2.45, 2.75) is 0 Å². The highest BCUT2D eigenvalue weighted by molar-refractivity contribution is 6.20. The fourth-order valence-corrected chi connectivity index (χ4v) is 5.83. The Hall–Kier alpha value is -6.58. The van der Waals surface area contributed by atoms with Crippen molar-refractivity contribution in [1.82, 2.24) is 0 Å². The van der Waals surface area contributed by atoms with E-state index < -0.39 is 228 Å². The van der Waals surface area contributed by atoms with E-state index in [2.05, 4.69) is 0 Å². The summed E-state index contributed by atoms with van der Waals surface area (Å²) in [5.74, 6) is 0. The van der Waals surface area contributed by atoms with Crippen LogP contribution in [0, 0.1) is 0 Å². The number of fused-ring (bicyclic) bond motifs is 8. The van der Waals surface area contributed by atoms with Crippen molar-refractivity contribution in [2.24, 2.45) is 0 Å². The molecule has 0 saturated heterocycles. The molecule has 0 fully saturated rings. The Morgan fingerprint density at radius 1 is 0.429 bits per heavy atom. The van der Waals surface area contributed by atoms with Gasteiger partial charge < -0.3 is 13.7 Å². The van der Waals surface area contributed by atoms with Gasteiger partial charge in [0.25, 0.3) is 0 Å². The summed E-state index contributed by atoms with van der Waals surface area (Å²) in [4.78, 5) is 0.707. The zero-order valence-electron chi connectivity index (χ0n) is 48.7. The third-order valence-corrected chi connectivity index (χ3v) is 7.94. The molecule has 2 heterocycles. The molecule has 0 amide bonds. The van der Waals surface area contributed by atoms with Gasteiger partial charge in [0.05, 0.1) is 49.7 Å². The molecule has 3 heteroatoms. The molecule has 0 aliphatic rings. The van der Waals surface area contributed by atoms with Gasteiger partial charge in [-0.25, -0.2) is 0 Å². The summed E-state index contributed by atoms with van der Waals surface area (Å²) in [5, 5.41) is -2.84. The molecule has 0 atom stereocenters. The van der Waals surface area contributed by atoms with E-state index >= 15 is 0 Å². The molecule has 2 aromatic heterocycles. The molecule has 0 radical (unpaired) electrons. The Labute approximate surface area is 316 Å². The summed E-state index contributed by atoms with van der Waals surface area (Å²) in [6, 6.07) is -13.0. The van der Waals surface area contributed by atoms with Crippen molar-refractivity contribution in [1.29, 1.82) is 0 Å². The van der Waals surface area contributed by atoms with E-state index in [1.165, 1.54) is 24.3 Å². The highest BCUT2D eigenvalue weighted by Gasteiger charge is 2.23. The number of anilines is 3. The van der Waals surface area contributed by atoms with Gasteiger partial charge in [-0.2, -0.15) is 0 Å². The minimum absolute atomic E-state index is 0.0668. The Morgan fingerprint density at radius 3 is 1.98 bits per heavy atom. The molecule has 8 aromatic carbocycles. The quantitative estimate of drug-likeness (QED) is 0.185. The fraction of sp³-hybridized carbons (Fsp3) is 0. The Morgan fingerprint density at radius 2 is 1.10 bits per heavy atom. The maximum absolute atomic E-state index is 9.83. The predicted octanol–water partition coefficient (Wildman–Crippen LogP) is 13.4. The maximum atomic E-state index is 9.83. The third kappa shape index (κ3) is 4.37. The van der Waals surface area contributed by atoms with E-state index in [4.69, 9.17) is 30.8 Å². The molecule has 0 aliphatic heterocycles. The van der Waals surface area contributed by atoms with Crippen LogP contribution in [0.15, 0.2) is 184 Å². The van der Waals surface area contributed by atoms with E-state index in [9.17, 15) is 11.0 Å². The van der Waals surface area contributed by atoms with Gasteiger partial charge in [0.1, 0.15) is 22.3 Å². The summed E-state index contributed by atoms with van der Waals surface area (Å²) >= 11 is 0. The number of benzene rings is 8. The molecule has 0 N–H and O–H groups in total. The lowest BCUT2D eigenvalue weighted by Crippen LogP contribution is -2.11. The van der Waals surface area contributed by atoms with Gasteiger partial charge in [0, 0.05) is 32.8 Å². The normalized spacial score (nSPS) is 18.5. The average Bonchev–Trinajstić information content (AvgIpc) is 3.97. The van der Waals surface area contributed by atoms with Crippen molar-refractivity contribution in [3.8, 4) is 22.3 Å². The van der Waals surface area contributed by atoms with Crippen LogP contribution in [0.3, 0.4) is 0 Å². The van der Waals surface area contributed by atoms with E-state index in [1.807, 2.05) is 0 Å². The van der Waals surface area contributed by atoms with Gasteiger partial charge in [-0.05, 0) is 70.4 Å². The molecule has 0 aliphatic carbocycles. The Kier molecular flexibility index (Phi) is 2.87. The van der Waals surface area contributed by atoms with Crippen LogP contribution in [0.4, 0.5) is 17.1 Å². The first-order valence-corrected chi connectivity index (χ1v) is 14.6. The minimum Gasteiger partial charge on any atom is -0.456 e. The number of furan rings is 2. The van der Waals surface area contributed by atoms with Crippen molar-refractivity contribution in [3.63, 3.8) is 0 Å². The second-order valence-corrected chi connectivity index (χ2v) is 10.6. The van der Waals surface area contributed by atoms with Gasteiger partial charge in [-0.15, -0.1) is 0 Å². The lowest BCUT2D eigenvalue weighted by atomic mass is 9.98. The number of para-hydroxylation sites is 2. The number of hydrogen-bond acceptors (Lipinski definition) is 3. The molecule has 10 aromatic rings. The monoisotopic (exact) mass is 651 g/mol. The van der Waals surface area contributed by atoms with Gasteiger partial charge in [0.15, 0.2) is 0 Å². The van der Waals surface area contributed by atoms with Crippen LogP contribution in [0.1, 0.15) is 32.9 Å². The molecule has 0 saturated carbocycles. The van der Waals surface area contributed by atoms with Crippen LogP contribution in [0.5, 0.6) is 0 Å². The topological polar surface area (TPSA) is 29.5 Å². The van der Waals surface area contributed by atoms with Crippen LogP contribution >= 0.6 is 0 Å². The molecule has 10 rings (SSSR count). The number of nitrogens with zero attached hydrogens (tertiary/aromatic N) is 1. The fourth-order valence-electron chi connectivity index (χ4n) is 5.83. The first kappa shape index (κ1) is 12.8. The van der Waals surface area contributed by atoms with Crippen LogP contribution in [0.2, 0.25) is 0 Å². The molecular weight excluding hydrogens is 599 g/mol. The second-order valence-electron chi connectivity index (χ2n) is 10.6. The van der Waals surface area contributed by atoms with E-state index in [0.717, 1.165) is 0 Å². The maximum Gasteiger partial charge on any atom is 0.143 e. The first-order chi connectivity index (χ1) is 34.3. The smallest absolute Gasteiger partial charge is 0.143 e. The Balaban J connectivity index is 1.46. The molecule has 0 unspecified atom stereocenters. The lowest BCUT2D eigenvalue weighted by molar-refractivity contribution is 0.669. The molecule has 0 spiro atoms. The number of hydrogen-bond donors (Lipinski definition) is 0. The lowest BCUT2D eigenvalue weighted by Gasteiger charge is -2.28. The zero-order valence-corrected chi connectivity index (χ0v) is 24.7. The van der Waals surface area contributed by atoms with E-state index in [0.29, 0.717) is 4.90 Å². The summed E-state index contributed by atoms with van der Waals surface area (Å²) in [5.41, 5.74) is -6.34. The third-order valence-electron chi connectivity index (χ3n) is 7.94. The molecular formula is C46H29NO2. The zero-order chi connectivity index (χ0) is 53.2. The first-order valence-electron chi connectivity index (χ1n) is 26.6. The van der Waals surface area contributed by atoms with Crippen molar-refractivity contribution in [2.75, 3.05) is 4.90 Å². The molecule has 3 nitrogen and oxygen atoms in total. The van der Waals surface area contributed by atoms with Crippen LogP contribution in [-0.4, -0.2) is 0 Å². The second kappa shape index (κ2) is 11.0. The van der Waals surface area contributed by atoms with Crippen LogP contribution in [0.25, 0.3) is 76.9 Å². The summed E-state index contributed by atoms with van der Waals surface area (Å²) < 4.78 is 229. The van der Waals surface area contributed by atoms with Crippen molar-refractivity contribution >= 4 is 71.7 Å².